The van der Waals surface area contributed by atoms with Crippen molar-refractivity contribution in [2.75, 3.05) is 36.0 Å². The first-order chi connectivity index (χ1) is 17.5. The number of hydrogen-bond acceptors (Lipinski definition) is 5. The van der Waals surface area contributed by atoms with E-state index in [9.17, 15) is 22.4 Å². The van der Waals surface area contributed by atoms with Crippen molar-refractivity contribution in [1.82, 2.24) is 0 Å². The molecule has 0 unspecified atom stereocenters. The van der Waals surface area contributed by atoms with Gasteiger partial charge in [0.25, 0.3) is 0 Å². The first kappa shape index (κ1) is 26.8. The predicted molar refractivity (Wildman–Crippen MR) is 127 cm³/mol. The summed E-state index contributed by atoms with van der Waals surface area (Å²) in [6.07, 6.45) is -4.55. The van der Waals surface area contributed by atoms with Gasteiger partial charge in [0.2, 0.25) is 0 Å². The highest BCUT2D eigenvalue weighted by atomic mass is 19.4. The van der Waals surface area contributed by atoms with Crippen molar-refractivity contribution in [2.24, 2.45) is 5.92 Å². The van der Waals surface area contributed by atoms with E-state index >= 15 is 4.39 Å². The number of rotatable bonds is 8. The van der Waals surface area contributed by atoms with Crippen LogP contribution in [0.25, 0.3) is 0 Å². The van der Waals surface area contributed by atoms with Crippen LogP contribution in [0.3, 0.4) is 0 Å². The summed E-state index contributed by atoms with van der Waals surface area (Å²) in [5.74, 6) is -3.28. The number of carboxylic acids is 1. The molecule has 2 aromatic carbocycles. The Morgan fingerprint density at radius 3 is 2.35 bits per heavy atom. The molecule has 2 saturated heterocycles. The van der Waals surface area contributed by atoms with E-state index in [1.807, 2.05) is 11.8 Å². The van der Waals surface area contributed by atoms with Crippen LogP contribution < -0.4 is 19.3 Å². The normalized spacial score (nSPS) is 20.8. The first-order valence-corrected chi connectivity index (χ1v) is 12.2. The van der Waals surface area contributed by atoms with Gasteiger partial charge in [-0.25, -0.2) is 8.78 Å². The van der Waals surface area contributed by atoms with Crippen molar-refractivity contribution in [3.8, 4) is 11.5 Å². The van der Waals surface area contributed by atoms with Crippen LogP contribution in [0.15, 0.2) is 36.4 Å². The van der Waals surface area contributed by atoms with Gasteiger partial charge in [0.15, 0.2) is 0 Å². The summed E-state index contributed by atoms with van der Waals surface area (Å²) < 4.78 is 80.6. The fourth-order valence-electron chi connectivity index (χ4n) is 5.04. The molecule has 0 amide bonds. The van der Waals surface area contributed by atoms with Gasteiger partial charge in [-0.15, -0.1) is 0 Å². The largest absolute Gasteiger partial charge is 0.494 e. The zero-order valence-electron chi connectivity index (χ0n) is 20.3. The number of nitrogens with zero attached hydrogens (tertiary/aromatic N) is 2. The number of alkyl halides is 3. The van der Waals surface area contributed by atoms with E-state index in [1.165, 1.54) is 23.1 Å². The summed E-state index contributed by atoms with van der Waals surface area (Å²) in [5, 5.41) is 9.12. The predicted octanol–water partition coefficient (Wildman–Crippen LogP) is 5.64. The molecule has 2 aliphatic heterocycles. The number of carbonyl (C=O) groups is 1. The summed E-state index contributed by atoms with van der Waals surface area (Å²) in [6, 6.07) is 7.57. The highest BCUT2D eigenvalue weighted by Gasteiger charge is 2.48. The van der Waals surface area contributed by atoms with Crippen molar-refractivity contribution in [1.29, 1.82) is 0 Å². The molecule has 2 aromatic rings. The Morgan fingerprint density at radius 2 is 1.73 bits per heavy atom. The van der Waals surface area contributed by atoms with Gasteiger partial charge >= 0.3 is 12.1 Å². The molecule has 11 heteroatoms. The van der Waals surface area contributed by atoms with Crippen molar-refractivity contribution in [3.63, 3.8) is 0 Å². The average molecular weight is 529 g/mol. The molecule has 2 fully saturated rings. The maximum atomic E-state index is 15.0. The quantitative estimate of drug-likeness (QED) is 0.448. The van der Waals surface area contributed by atoms with Crippen LogP contribution >= 0.6 is 0 Å². The van der Waals surface area contributed by atoms with E-state index in [0.717, 1.165) is 6.07 Å². The molecular weight excluding hydrogens is 499 g/mol. The van der Waals surface area contributed by atoms with Crippen LogP contribution in [-0.4, -0.2) is 55.6 Å². The van der Waals surface area contributed by atoms with Gasteiger partial charge in [0.05, 0.1) is 30.3 Å². The second kappa shape index (κ2) is 11.0. The lowest BCUT2D eigenvalue weighted by molar-refractivity contribution is -0.169. The second-order valence-corrected chi connectivity index (χ2v) is 9.34. The van der Waals surface area contributed by atoms with Crippen LogP contribution in [0.2, 0.25) is 0 Å². The van der Waals surface area contributed by atoms with Gasteiger partial charge < -0.3 is 24.4 Å². The smallest absolute Gasteiger partial charge is 0.393 e. The molecule has 0 radical (unpaired) electrons. The molecule has 2 atom stereocenters. The summed E-state index contributed by atoms with van der Waals surface area (Å²) in [4.78, 5) is 14.3. The van der Waals surface area contributed by atoms with E-state index in [-0.39, 0.29) is 23.4 Å². The minimum absolute atomic E-state index is 0.0789. The van der Waals surface area contributed by atoms with Gasteiger partial charge in [-0.3, -0.25) is 4.79 Å². The van der Waals surface area contributed by atoms with Crippen LogP contribution in [0.5, 0.6) is 11.5 Å². The molecule has 1 N–H and O–H groups in total. The third kappa shape index (κ3) is 6.37. The SMILES string of the molecule is CCOc1ccc(F)c(N2CCC(Oc3ccc(N4C[C@H](C(F)(F)F)C[C@@H]4CC(=O)O)c(F)c3)CC2)c1. The first-order valence-electron chi connectivity index (χ1n) is 12.2. The molecule has 4 rings (SSSR count). The van der Waals surface area contributed by atoms with Gasteiger partial charge in [-0.2, -0.15) is 13.2 Å². The lowest BCUT2D eigenvalue weighted by Gasteiger charge is -2.34. The lowest BCUT2D eigenvalue weighted by Crippen LogP contribution is -2.38. The minimum atomic E-state index is -4.49. The highest BCUT2D eigenvalue weighted by molar-refractivity contribution is 5.69. The van der Waals surface area contributed by atoms with Crippen LogP contribution in [0.1, 0.15) is 32.6 Å². The van der Waals surface area contributed by atoms with Gasteiger partial charge in [0.1, 0.15) is 29.2 Å². The van der Waals surface area contributed by atoms with Crippen molar-refractivity contribution >= 4 is 17.3 Å². The van der Waals surface area contributed by atoms with E-state index < -0.39 is 49.3 Å². The molecule has 0 spiro atoms. The number of hydrogen-bond donors (Lipinski definition) is 1. The highest BCUT2D eigenvalue weighted by Crippen LogP contribution is 2.41. The molecule has 0 aliphatic carbocycles. The maximum absolute atomic E-state index is 15.0. The molecule has 37 heavy (non-hydrogen) atoms. The molecular formula is C26H29F5N2O4. The van der Waals surface area contributed by atoms with Crippen molar-refractivity contribution in [3.05, 3.63) is 48.0 Å². The Balaban J connectivity index is 1.40. The summed E-state index contributed by atoms with van der Waals surface area (Å²) >= 11 is 0. The Bertz CT molecular complexity index is 1100. The minimum Gasteiger partial charge on any atom is -0.494 e. The average Bonchev–Trinajstić information content (AvgIpc) is 3.24. The lowest BCUT2D eigenvalue weighted by atomic mass is 10.0. The van der Waals surface area contributed by atoms with Crippen molar-refractivity contribution in [2.45, 2.75) is 50.9 Å². The number of anilines is 2. The van der Waals surface area contributed by atoms with Gasteiger partial charge in [-0.1, -0.05) is 0 Å². The monoisotopic (exact) mass is 528 g/mol. The zero-order valence-corrected chi connectivity index (χ0v) is 20.3. The standard InChI is InChI=1S/C26H29F5N2O4/c1-2-36-19-3-5-21(27)24(14-19)32-9-7-18(8-10-32)37-20-4-6-23(22(28)13-20)33-15-16(26(29,30)31)11-17(33)12-25(34)35/h3-6,13-14,16-18H,2,7-12,15H2,1H3,(H,34,35)/t16-,17-/m1/s1. The third-order valence-electron chi connectivity index (χ3n) is 6.83. The van der Waals surface area contributed by atoms with Gasteiger partial charge in [0, 0.05) is 50.7 Å². The number of aliphatic carboxylic acids is 1. The van der Waals surface area contributed by atoms with Gasteiger partial charge in [-0.05, 0) is 37.6 Å². The molecule has 6 nitrogen and oxygen atoms in total. The molecule has 0 saturated carbocycles. The maximum Gasteiger partial charge on any atom is 0.393 e. The molecule has 2 aliphatic rings. The summed E-state index contributed by atoms with van der Waals surface area (Å²) in [7, 11) is 0. The van der Waals surface area contributed by atoms with E-state index in [4.69, 9.17) is 14.6 Å². The van der Waals surface area contributed by atoms with E-state index in [1.54, 1.807) is 12.1 Å². The van der Waals surface area contributed by atoms with Crippen molar-refractivity contribution < 1.29 is 41.3 Å². The number of halogens is 5. The summed E-state index contributed by atoms with van der Waals surface area (Å²) in [6.45, 7) is 2.84. The Kier molecular flexibility index (Phi) is 7.99. The number of benzene rings is 2. The van der Waals surface area contributed by atoms with E-state index in [0.29, 0.717) is 44.0 Å². The third-order valence-corrected chi connectivity index (χ3v) is 6.83. The molecule has 0 bridgehead atoms. The molecule has 202 valence electrons. The molecule has 0 aromatic heterocycles. The number of ether oxygens (including phenoxy) is 2. The Hall–Kier alpha value is -3.24. The van der Waals surface area contributed by atoms with Crippen LogP contribution in [-0.2, 0) is 4.79 Å². The van der Waals surface area contributed by atoms with Crippen LogP contribution in [0.4, 0.5) is 33.3 Å². The molecule has 2 heterocycles. The summed E-state index contributed by atoms with van der Waals surface area (Å²) in [5.41, 5.74) is 0.364. The zero-order chi connectivity index (χ0) is 26.7. The Labute approximate surface area is 211 Å². The fourth-order valence-corrected chi connectivity index (χ4v) is 5.04. The number of piperidine rings is 1. The Morgan fingerprint density at radius 1 is 1.03 bits per heavy atom. The van der Waals surface area contributed by atoms with E-state index in [2.05, 4.69) is 0 Å². The van der Waals surface area contributed by atoms with Crippen LogP contribution in [0, 0.1) is 17.6 Å². The topological polar surface area (TPSA) is 62.2 Å². The second-order valence-electron chi connectivity index (χ2n) is 9.34. The number of carboxylic acid groups (broad SMARTS) is 1. The fraction of sp³-hybridized carbons (Fsp3) is 0.500.